The number of hydrogen-bond donors (Lipinski definition) is 1. The lowest BCUT2D eigenvalue weighted by molar-refractivity contribution is -0.139. The number of likely N-dealkylation sites (tertiary alicyclic amines) is 1. The maximum Gasteiger partial charge on any atom is 0.295 e. The van der Waals surface area contributed by atoms with Gasteiger partial charge in [-0.05, 0) is 74.2 Å². The van der Waals surface area contributed by atoms with Gasteiger partial charge in [0.25, 0.3) is 11.7 Å². The summed E-state index contributed by atoms with van der Waals surface area (Å²) >= 11 is 0. The number of aliphatic hydroxyl groups is 1. The van der Waals surface area contributed by atoms with Crippen LogP contribution < -0.4 is 9.47 Å². The van der Waals surface area contributed by atoms with E-state index in [-0.39, 0.29) is 29.8 Å². The number of ether oxygens (including phenoxy) is 2. The molecule has 1 atom stereocenters. The number of rotatable bonds is 10. The molecule has 1 aliphatic rings. The minimum absolute atomic E-state index is 0.00982. The predicted octanol–water partition coefficient (Wildman–Crippen LogP) is 6.07. The summed E-state index contributed by atoms with van der Waals surface area (Å²) in [7, 11) is 0. The van der Waals surface area contributed by atoms with Crippen molar-refractivity contribution >= 4 is 17.4 Å². The Kier molecular flexibility index (Phi) is 8.46. The molecule has 0 bridgehead atoms. The molecule has 0 radical (unpaired) electrons. The van der Waals surface area contributed by atoms with Gasteiger partial charge in [-0.15, -0.1) is 0 Å². The molecule has 0 aromatic heterocycles. The number of ketones is 1. The smallest absolute Gasteiger partial charge is 0.295 e. The van der Waals surface area contributed by atoms with E-state index in [1.807, 2.05) is 20.8 Å². The van der Waals surface area contributed by atoms with Crippen molar-refractivity contribution in [1.29, 1.82) is 0 Å². The van der Waals surface area contributed by atoms with Crippen LogP contribution in [0.3, 0.4) is 0 Å². The largest absolute Gasteiger partial charge is 0.507 e. The van der Waals surface area contributed by atoms with Gasteiger partial charge in [0.15, 0.2) is 0 Å². The summed E-state index contributed by atoms with van der Waals surface area (Å²) in [6, 6.07) is 19.2. The van der Waals surface area contributed by atoms with Crippen LogP contribution in [0.5, 0.6) is 11.5 Å². The van der Waals surface area contributed by atoms with E-state index >= 15 is 0 Å². The van der Waals surface area contributed by atoms with E-state index in [9.17, 15) is 19.1 Å². The van der Waals surface area contributed by atoms with Crippen LogP contribution in [0, 0.1) is 5.82 Å². The highest BCUT2D eigenvalue weighted by Gasteiger charge is 2.45. The summed E-state index contributed by atoms with van der Waals surface area (Å²) in [5.41, 5.74) is 1.90. The zero-order valence-corrected chi connectivity index (χ0v) is 21.8. The van der Waals surface area contributed by atoms with E-state index < -0.39 is 17.7 Å². The van der Waals surface area contributed by atoms with Crippen LogP contribution >= 0.6 is 0 Å². The Bertz CT molecular complexity index is 1310. The number of amides is 1. The first-order chi connectivity index (χ1) is 18.3. The van der Waals surface area contributed by atoms with Gasteiger partial charge in [-0.25, -0.2) is 4.39 Å². The first-order valence-corrected chi connectivity index (χ1v) is 12.8. The van der Waals surface area contributed by atoms with Gasteiger partial charge in [-0.1, -0.05) is 43.3 Å². The fourth-order valence-corrected chi connectivity index (χ4v) is 4.47. The molecule has 0 saturated carbocycles. The molecule has 7 heteroatoms. The van der Waals surface area contributed by atoms with E-state index in [2.05, 4.69) is 0 Å². The number of hydrogen-bond acceptors (Lipinski definition) is 5. The summed E-state index contributed by atoms with van der Waals surface area (Å²) in [5, 5.41) is 11.4. The Hall–Kier alpha value is -4.13. The molecule has 198 valence electrons. The molecule has 1 unspecified atom stereocenters. The second kappa shape index (κ2) is 11.9. The van der Waals surface area contributed by atoms with Gasteiger partial charge in [0.05, 0.1) is 24.3 Å². The molecule has 1 aliphatic heterocycles. The molecule has 1 saturated heterocycles. The summed E-state index contributed by atoms with van der Waals surface area (Å²) in [6.45, 7) is 6.58. The van der Waals surface area contributed by atoms with Crippen molar-refractivity contribution in [3.8, 4) is 11.5 Å². The van der Waals surface area contributed by atoms with Crippen LogP contribution in [0.2, 0.25) is 0 Å². The number of benzene rings is 3. The lowest BCUT2D eigenvalue weighted by Crippen LogP contribution is -2.31. The van der Waals surface area contributed by atoms with Crippen LogP contribution in [0.15, 0.2) is 78.4 Å². The Balaban J connectivity index is 1.74. The minimum Gasteiger partial charge on any atom is -0.507 e. The lowest BCUT2D eigenvalue weighted by Gasteiger charge is -2.25. The molecule has 4 rings (SSSR count). The van der Waals surface area contributed by atoms with Crippen molar-refractivity contribution in [3.05, 3.63) is 101 Å². The Morgan fingerprint density at radius 2 is 1.71 bits per heavy atom. The van der Waals surface area contributed by atoms with Crippen molar-refractivity contribution in [2.45, 2.75) is 45.8 Å². The highest BCUT2D eigenvalue weighted by Crippen LogP contribution is 2.40. The third kappa shape index (κ3) is 6.05. The van der Waals surface area contributed by atoms with E-state index in [0.717, 1.165) is 12.0 Å². The maximum atomic E-state index is 13.4. The SMILES string of the molecule is CCCOc1cccc(/C(O)=C2/C(=O)C(=O)N(CCc3ccc(F)cc3)C2c2ccc(OC(C)C)cc2)c1. The van der Waals surface area contributed by atoms with Crippen molar-refractivity contribution in [3.63, 3.8) is 0 Å². The zero-order chi connectivity index (χ0) is 27.2. The molecule has 1 amide bonds. The second-order valence-corrected chi connectivity index (χ2v) is 9.48. The normalized spacial score (nSPS) is 16.8. The average molecular weight is 518 g/mol. The fourth-order valence-electron chi connectivity index (χ4n) is 4.47. The summed E-state index contributed by atoms with van der Waals surface area (Å²) in [4.78, 5) is 28.0. The first kappa shape index (κ1) is 26.9. The average Bonchev–Trinajstić information content (AvgIpc) is 3.16. The molecular weight excluding hydrogens is 485 g/mol. The zero-order valence-electron chi connectivity index (χ0n) is 21.8. The van der Waals surface area contributed by atoms with Crippen LogP contribution in [0.25, 0.3) is 5.76 Å². The minimum atomic E-state index is -0.802. The Morgan fingerprint density at radius 3 is 2.37 bits per heavy atom. The van der Waals surface area contributed by atoms with E-state index in [4.69, 9.17) is 9.47 Å². The van der Waals surface area contributed by atoms with Crippen molar-refractivity contribution in [2.24, 2.45) is 0 Å². The van der Waals surface area contributed by atoms with Gasteiger partial charge in [-0.2, -0.15) is 0 Å². The number of carbonyl (C=O) groups is 2. The topological polar surface area (TPSA) is 76.1 Å². The van der Waals surface area contributed by atoms with Crippen LogP contribution in [0.4, 0.5) is 4.39 Å². The molecule has 1 fully saturated rings. The quantitative estimate of drug-likeness (QED) is 0.201. The first-order valence-electron chi connectivity index (χ1n) is 12.8. The van der Waals surface area contributed by atoms with Gasteiger partial charge in [0.1, 0.15) is 23.1 Å². The van der Waals surface area contributed by atoms with Crippen LogP contribution in [-0.2, 0) is 16.0 Å². The molecule has 3 aromatic rings. The highest BCUT2D eigenvalue weighted by molar-refractivity contribution is 6.46. The summed E-state index contributed by atoms with van der Waals surface area (Å²) in [6.07, 6.45) is 1.23. The summed E-state index contributed by atoms with van der Waals surface area (Å²) in [5.74, 6) is -0.834. The molecule has 3 aromatic carbocycles. The molecule has 0 aliphatic carbocycles. The van der Waals surface area contributed by atoms with E-state index in [1.165, 1.54) is 17.0 Å². The third-order valence-electron chi connectivity index (χ3n) is 6.24. The molecule has 0 spiro atoms. The van der Waals surface area contributed by atoms with Gasteiger partial charge < -0.3 is 19.5 Å². The Morgan fingerprint density at radius 1 is 1.00 bits per heavy atom. The second-order valence-electron chi connectivity index (χ2n) is 9.48. The molecule has 38 heavy (non-hydrogen) atoms. The fraction of sp³-hybridized carbons (Fsp3) is 0.290. The number of carbonyl (C=O) groups excluding carboxylic acids is 2. The van der Waals surface area contributed by atoms with Crippen LogP contribution in [-0.4, -0.2) is 41.0 Å². The van der Waals surface area contributed by atoms with Crippen molar-refractivity contribution in [2.75, 3.05) is 13.2 Å². The maximum absolute atomic E-state index is 13.4. The predicted molar refractivity (Wildman–Crippen MR) is 144 cm³/mol. The van der Waals surface area contributed by atoms with Crippen LogP contribution in [0.1, 0.15) is 49.9 Å². The monoisotopic (exact) mass is 517 g/mol. The summed E-state index contributed by atoms with van der Waals surface area (Å²) < 4.78 is 24.8. The van der Waals surface area contributed by atoms with Gasteiger partial charge in [0, 0.05) is 12.1 Å². The molecular formula is C31H32FNO5. The lowest BCUT2D eigenvalue weighted by atomic mass is 9.95. The van der Waals surface area contributed by atoms with E-state index in [1.54, 1.807) is 60.7 Å². The number of nitrogens with zero attached hydrogens (tertiary/aromatic N) is 1. The van der Waals surface area contributed by atoms with Gasteiger partial charge >= 0.3 is 0 Å². The third-order valence-corrected chi connectivity index (χ3v) is 6.24. The molecule has 6 nitrogen and oxygen atoms in total. The highest BCUT2D eigenvalue weighted by atomic mass is 19.1. The van der Waals surface area contributed by atoms with Crippen molar-refractivity contribution in [1.82, 2.24) is 4.90 Å². The van der Waals surface area contributed by atoms with Gasteiger partial charge in [0.2, 0.25) is 0 Å². The molecule has 1 N–H and O–H groups in total. The number of halogens is 1. The van der Waals surface area contributed by atoms with Crippen molar-refractivity contribution < 1.29 is 28.6 Å². The van der Waals surface area contributed by atoms with Gasteiger partial charge in [-0.3, -0.25) is 9.59 Å². The van der Waals surface area contributed by atoms with E-state index in [0.29, 0.717) is 35.7 Å². The Labute approximate surface area is 222 Å². The number of aliphatic hydroxyl groups excluding tert-OH is 1. The standard InChI is InChI=1S/C31H32FNO5/c1-4-18-37-26-7-5-6-23(19-26)29(34)27-28(22-10-14-25(15-11-22)38-20(2)3)33(31(36)30(27)35)17-16-21-8-12-24(32)13-9-21/h5-15,19-20,28,34H,4,16-18H2,1-3H3/b29-27-. The molecule has 1 heterocycles. The number of Topliss-reactive ketones (excluding diaryl/α,β-unsaturated/α-hetero) is 1.